The fraction of sp³-hybridized carbons (Fsp3) is 0.455. The number of carbonyl (C=O) groups excluding carboxylic acids is 1. The zero-order valence-corrected chi connectivity index (χ0v) is 19.1. The van der Waals surface area contributed by atoms with Gasteiger partial charge in [-0.15, -0.1) is 10.2 Å². The number of piperidine rings is 1. The zero-order chi connectivity index (χ0) is 22.5. The van der Waals surface area contributed by atoms with Crippen molar-refractivity contribution in [1.29, 1.82) is 0 Å². The number of ether oxygens (including phenoxy) is 1. The monoisotopic (exact) mass is 457 g/mol. The molecule has 0 aliphatic carbocycles. The number of hydrogen-bond donors (Lipinski definition) is 1. The van der Waals surface area contributed by atoms with Crippen LogP contribution in [0, 0.1) is 0 Å². The minimum Gasteiger partial charge on any atom is -0.375 e. The largest absolute Gasteiger partial charge is 0.375 e. The minimum atomic E-state index is -0.0732. The first-order chi connectivity index (χ1) is 15.5. The Labute approximate surface area is 192 Å². The molecule has 0 spiro atoms. The molecular weight excluding hydrogens is 430 g/mol. The molecule has 1 fully saturated rings. The van der Waals surface area contributed by atoms with Crippen molar-refractivity contribution in [3.63, 3.8) is 0 Å². The van der Waals surface area contributed by atoms with Crippen LogP contribution in [0.2, 0.25) is 5.02 Å². The van der Waals surface area contributed by atoms with Gasteiger partial charge >= 0.3 is 0 Å². The lowest BCUT2D eigenvalue weighted by Crippen LogP contribution is -2.46. The predicted octanol–water partition coefficient (Wildman–Crippen LogP) is 2.04. The number of nitrogens with one attached hydrogen (secondary N) is 1. The number of aryl methyl sites for hydroxylation is 1. The Kier molecular flexibility index (Phi) is 7.06. The van der Waals surface area contributed by atoms with Crippen molar-refractivity contribution < 1.29 is 9.53 Å². The highest BCUT2D eigenvalue weighted by Crippen LogP contribution is 2.22. The predicted molar refractivity (Wildman–Crippen MR) is 122 cm³/mol. The van der Waals surface area contributed by atoms with E-state index in [1.165, 1.54) is 7.11 Å². The molecule has 3 heterocycles. The van der Waals surface area contributed by atoms with Gasteiger partial charge in [0.05, 0.1) is 12.7 Å². The number of hydrogen-bond acceptors (Lipinski definition) is 6. The summed E-state index contributed by atoms with van der Waals surface area (Å²) in [7, 11) is 3.44. The molecule has 32 heavy (non-hydrogen) atoms. The quantitative estimate of drug-likeness (QED) is 0.556. The molecular formula is C22H28ClN7O2. The average Bonchev–Trinajstić information content (AvgIpc) is 3.37. The highest BCUT2D eigenvalue weighted by atomic mass is 35.5. The van der Waals surface area contributed by atoms with Gasteiger partial charge in [0.1, 0.15) is 12.4 Å². The molecule has 1 aromatic carbocycles. The van der Waals surface area contributed by atoms with Gasteiger partial charge in [-0.1, -0.05) is 23.7 Å². The van der Waals surface area contributed by atoms with Gasteiger partial charge in [0.2, 0.25) is 11.9 Å². The SMILES string of the molecule is COCC(=O)NC1CCN(c2nnc(Cc3ccc(Cl)cc3)n2Cc2cnn(C)c2)CC1. The van der Waals surface area contributed by atoms with Crippen LogP contribution in [0.1, 0.15) is 29.8 Å². The molecule has 1 amide bonds. The summed E-state index contributed by atoms with van der Waals surface area (Å²) in [6, 6.07) is 7.96. The summed E-state index contributed by atoms with van der Waals surface area (Å²) in [5.74, 6) is 1.66. The lowest BCUT2D eigenvalue weighted by atomic mass is 10.1. The summed E-state index contributed by atoms with van der Waals surface area (Å²) in [6.07, 6.45) is 6.23. The summed E-state index contributed by atoms with van der Waals surface area (Å²) < 4.78 is 8.87. The molecule has 170 valence electrons. The molecule has 0 bridgehead atoms. The Hall–Kier alpha value is -2.91. The maximum atomic E-state index is 11.8. The molecule has 1 saturated heterocycles. The van der Waals surface area contributed by atoms with E-state index in [9.17, 15) is 4.79 Å². The number of nitrogens with zero attached hydrogens (tertiary/aromatic N) is 6. The molecule has 0 radical (unpaired) electrons. The van der Waals surface area contributed by atoms with Gasteiger partial charge in [-0.2, -0.15) is 5.10 Å². The van der Waals surface area contributed by atoms with Crippen molar-refractivity contribution in [3.05, 3.63) is 58.6 Å². The molecule has 1 aliphatic rings. The van der Waals surface area contributed by atoms with Crippen LogP contribution in [0.4, 0.5) is 5.95 Å². The fourth-order valence-corrected chi connectivity index (χ4v) is 4.12. The molecule has 1 aliphatic heterocycles. The van der Waals surface area contributed by atoms with Gasteiger partial charge in [0.15, 0.2) is 0 Å². The first-order valence-corrected chi connectivity index (χ1v) is 11.1. The number of rotatable bonds is 8. The lowest BCUT2D eigenvalue weighted by molar-refractivity contribution is -0.125. The Balaban J connectivity index is 1.51. The van der Waals surface area contributed by atoms with Crippen LogP contribution in [0.25, 0.3) is 0 Å². The molecule has 4 rings (SSSR count). The van der Waals surface area contributed by atoms with Crippen molar-refractivity contribution in [2.45, 2.75) is 31.8 Å². The molecule has 0 atom stereocenters. The molecule has 3 aromatic rings. The second-order valence-corrected chi connectivity index (χ2v) is 8.53. The van der Waals surface area contributed by atoms with Crippen LogP contribution in [-0.4, -0.2) is 63.3 Å². The Morgan fingerprint density at radius 1 is 1.19 bits per heavy atom. The van der Waals surface area contributed by atoms with Crippen molar-refractivity contribution in [1.82, 2.24) is 29.9 Å². The molecule has 10 heteroatoms. The third-order valence-corrected chi connectivity index (χ3v) is 5.85. The van der Waals surface area contributed by atoms with Gasteiger partial charge in [-0.05, 0) is 30.5 Å². The normalized spacial score (nSPS) is 14.7. The first kappa shape index (κ1) is 22.3. The Morgan fingerprint density at radius 3 is 2.59 bits per heavy atom. The van der Waals surface area contributed by atoms with Crippen LogP contribution in [0.5, 0.6) is 0 Å². The third kappa shape index (κ3) is 5.46. The summed E-state index contributed by atoms with van der Waals surface area (Å²) in [5, 5.41) is 17.1. The second-order valence-electron chi connectivity index (χ2n) is 8.09. The topological polar surface area (TPSA) is 90.1 Å². The van der Waals surface area contributed by atoms with E-state index >= 15 is 0 Å². The number of benzene rings is 1. The fourth-order valence-electron chi connectivity index (χ4n) is 4.00. The summed E-state index contributed by atoms with van der Waals surface area (Å²) in [5.41, 5.74) is 2.22. The molecule has 0 saturated carbocycles. The molecule has 9 nitrogen and oxygen atoms in total. The van der Waals surface area contributed by atoms with E-state index in [0.29, 0.717) is 18.0 Å². The first-order valence-electron chi connectivity index (χ1n) is 10.7. The smallest absolute Gasteiger partial charge is 0.246 e. The van der Waals surface area contributed by atoms with E-state index in [-0.39, 0.29) is 18.6 Å². The van der Waals surface area contributed by atoms with Crippen molar-refractivity contribution in [2.75, 3.05) is 31.7 Å². The van der Waals surface area contributed by atoms with Crippen LogP contribution >= 0.6 is 11.6 Å². The maximum absolute atomic E-state index is 11.8. The number of halogens is 1. The van der Waals surface area contributed by atoms with E-state index in [1.54, 1.807) is 4.68 Å². The van der Waals surface area contributed by atoms with E-state index < -0.39 is 0 Å². The number of carbonyl (C=O) groups is 1. The van der Waals surface area contributed by atoms with Crippen LogP contribution in [0.3, 0.4) is 0 Å². The molecule has 0 unspecified atom stereocenters. The summed E-state index contributed by atoms with van der Waals surface area (Å²) in [6.45, 7) is 2.32. The average molecular weight is 458 g/mol. The lowest BCUT2D eigenvalue weighted by Gasteiger charge is -2.33. The van der Waals surface area contributed by atoms with Crippen molar-refractivity contribution in [2.24, 2.45) is 7.05 Å². The third-order valence-electron chi connectivity index (χ3n) is 5.60. The molecule has 2 aromatic heterocycles. The van der Waals surface area contributed by atoms with Crippen LogP contribution in [-0.2, 0) is 29.5 Å². The Morgan fingerprint density at radius 2 is 1.94 bits per heavy atom. The van der Waals surface area contributed by atoms with E-state index in [1.807, 2.05) is 43.7 Å². The van der Waals surface area contributed by atoms with Crippen molar-refractivity contribution >= 4 is 23.5 Å². The Bertz CT molecular complexity index is 1040. The van der Waals surface area contributed by atoms with E-state index in [4.69, 9.17) is 16.3 Å². The van der Waals surface area contributed by atoms with Crippen LogP contribution in [0.15, 0.2) is 36.7 Å². The molecule has 1 N–H and O–H groups in total. The van der Waals surface area contributed by atoms with E-state index in [0.717, 1.165) is 48.8 Å². The van der Waals surface area contributed by atoms with Gasteiger partial charge in [0.25, 0.3) is 0 Å². The van der Waals surface area contributed by atoms with E-state index in [2.05, 4.69) is 30.1 Å². The zero-order valence-electron chi connectivity index (χ0n) is 18.4. The van der Waals surface area contributed by atoms with Gasteiger partial charge in [0, 0.05) is 56.5 Å². The van der Waals surface area contributed by atoms with Crippen molar-refractivity contribution in [3.8, 4) is 0 Å². The van der Waals surface area contributed by atoms with Gasteiger partial charge in [-0.25, -0.2) is 0 Å². The van der Waals surface area contributed by atoms with Crippen LogP contribution < -0.4 is 10.2 Å². The van der Waals surface area contributed by atoms with Gasteiger partial charge in [-0.3, -0.25) is 14.0 Å². The maximum Gasteiger partial charge on any atom is 0.246 e. The standard InChI is InChI=1S/C22H28ClN7O2/c1-28-13-17(12-24-28)14-30-20(11-16-3-5-18(23)6-4-16)26-27-22(30)29-9-7-19(8-10-29)25-21(31)15-32-2/h3-6,12-13,19H,7-11,14-15H2,1-2H3,(H,25,31). The summed E-state index contributed by atoms with van der Waals surface area (Å²) >= 11 is 6.04. The highest BCUT2D eigenvalue weighted by molar-refractivity contribution is 6.30. The second kappa shape index (κ2) is 10.1. The number of amides is 1. The number of anilines is 1. The number of methoxy groups -OCH3 is 1. The number of aromatic nitrogens is 5. The summed E-state index contributed by atoms with van der Waals surface area (Å²) in [4.78, 5) is 14.1. The van der Waals surface area contributed by atoms with Gasteiger partial charge < -0.3 is 15.0 Å². The highest BCUT2D eigenvalue weighted by Gasteiger charge is 2.25. The minimum absolute atomic E-state index is 0.0732.